The third kappa shape index (κ3) is 3.31. The summed E-state index contributed by atoms with van der Waals surface area (Å²) in [4.78, 5) is 7.66. The molecule has 1 atom stereocenters. The number of nitrogens with two attached hydrogens (primary N) is 1. The molecule has 78 valence electrons. The Hall–Kier alpha value is -1.14. The molecule has 0 amide bonds. The summed E-state index contributed by atoms with van der Waals surface area (Å²) in [6.45, 7) is -0.157. The lowest BCUT2D eigenvalue weighted by Gasteiger charge is -2.15. The highest BCUT2D eigenvalue weighted by Gasteiger charge is 2.12. The minimum Gasteiger partial charge on any atom is -0.329 e. The van der Waals surface area contributed by atoms with E-state index in [2.05, 4.69) is 15.3 Å². The normalized spacial score (nSPS) is 13.1. The average Bonchev–Trinajstić information content (AvgIpc) is 2.20. The maximum atomic E-state index is 11.9. The molecule has 0 saturated carbocycles. The zero-order chi connectivity index (χ0) is 10.4. The predicted molar refractivity (Wildman–Crippen MR) is 47.8 cm³/mol. The lowest BCUT2D eigenvalue weighted by molar-refractivity contribution is 0.141. The second kappa shape index (κ2) is 5.56. The zero-order valence-electron chi connectivity index (χ0n) is 7.53. The summed E-state index contributed by atoms with van der Waals surface area (Å²) >= 11 is 0. The van der Waals surface area contributed by atoms with Gasteiger partial charge in [0.15, 0.2) is 0 Å². The number of halogens is 2. The molecule has 0 radical (unpaired) electrons. The lowest BCUT2D eigenvalue weighted by atomic mass is 10.2. The van der Waals surface area contributed by atoms with Crippen LogP contribution in [-0.4, -0.2) is 29.5 Å². The van der Waals surface area contributed by atoms with Gasteiger partial charge in [-0.2, -0.15) is 0 Å². The summed E-state index contributed by atoms with van der Waals surface area (Å²) in [6, 6.07) is 1.31. The van der Waals surface area contributed by atoms with Crippen molar-refractivity contribution in [3.8, 4) is 0 Å². The molecular formula is C8H12F2N4. The van der Waals surface area contributed by atoms with Crippen molar-refractivity contribution in [2.24, 2.45) is 5.73 Å². The first-order valence-electron chi connectivity index (χ1n) is 4.21. The van der Waals surface area contributed by atoms with E-state index in [0.717, 1.165) is 0 Å². The molecule has 1 unspecified atom stereocenters. The molecule has 0 spiro atoms. The number of aromatic nitrogens is 2. The summed E-state index contributed by atoms with van der Waals surface area (Å²) in [5, 5.41) is 2.62. The van der Waals surface area contributed by atoms with Crippen molar-refractivity contribution in [3.05, 3.63) is 24.3 Å². The van der Waals surface area contributed by atoms with Gasteiger partial charge in [0.05, 0.1) is 18.3 Å². The molecule has 14 heavy (non-hydrogen) atoms. The monoisotopic (exact) mass is 202 g/mol. The van der Waals surface area contributed by atoms with Gasteiger partial charge < -0.3 is 11.1 Å². The number of rotatable bonds is 5. The van der Waals surface area contributed by atoms with Crippen LogP contribution >= 0.6 is 0 Å². The molecular weight excluding hydrogens is 190 g/mol. The minimum absolute atomic E-state index is 0.226. The van der Waals surface area contributed by atoms with Crippen LogP contribution in [0.3, 0.4) is 0 Å². The first-order chi connectivity index (χ1) is 6.74. The summed E-state index contributed by atoms with van der Waals surface area (Å²) in [5.41, 5.74) is 6.05. The molecule has 0 aromatic carbocycles. The Morgan fingerprint density at radius 1 is 1.50 bits per heavy atom. The zero-order valence-corrected chi connectivity index (χ0v) is 7.53. The second-order valence-corrected chi connectivity index (χ2v) is 2.72. The van der Waals surface area contributed by atoms with Crippen molar-refractivity contribution < 1.29 is 8.78 Å². The number of nitrogens with one attached hydrogen (secondary N) is 1. The van der Waals surface area contributed by atoms with Gasteiger partial charge in [0.2, 0.25) is 0 Å². The van der Waals surface area contributed by atoms with Gasteiger partial charge in [0.25, 0.3) is 6.43 Å². The topological polar surface area (TPSA) is 63.8 Å². The van der Waals surface area contributed by atoms with Crippen LogP contribution in [0.4, 0.5) is 8.78 Å². The standard InChI is InChI=1S/C8H12F2N4/c9-8(10)4-13-7(3-11)6-1-2-12-5-14-6/h1-2,5,7-8,13H,3-4,11H2. The van der Waals surface area contributed by atoms with E-state index >= 15 is 0 Å². The van der Waals surface area contributed by atoms with Crippen molar-refractivity contribution >= 4 is 0 Å². The van der Waals surface area contributed by atoms with Gasteiger partial charge in [-0.1, -0.05) is 0 Å². The smallest absolute Gasteiger partial charge is 0.250 e. The van der Waals surface area contributed by atoms with Crippen LogP contribution in [0.2, 0.25) is 0 Å². The van der Waals surface area contributed by atoms with Gasteiger partial charge >= 0.3 is 0 Å². The highest BCUT2D eigenvalue weighted by atomic mass is 19.3. The number of alkyl halides is 2. The van der Waals surface area contributed by atoms with Gasteiger partial charge in [0, 0.05) is 12.7 Å². The van der Waals surface area contributed by atoms with Crippen LogP contribution in [0.15, 0.2) is 18.6 Å². The summed E-state index contributed by atoms with van der Waals surface area (Å²) in [6.07, 6.45) is 0.530. The molecule has 4 nitrogen and oxygen atoms in total. The number of nitrogens with zero attached hydrogens (tertiary/aromatic N) is 2. The molecule has 6 heteroatoms. The highest BCUT2D eigenvalue weighted by Crippen LogP contribution is 2.06. The van der Waals surface area contributed by atoms with Gasteiger partial charge in [-0.25, -0.2) is 18.7 Å². The quantitative estimate of drug-likeness (QED) is 0.722. The Balaban J connectivity index is 2.54. The fourth-order valence-corrected chi connectivity index (χ4v) is 1.05. The second-order valence-electron chi connectivity index (χ2n) is 2.72. The van der Waals surface area contributed by atoms with Crippen LogP contribution in [0.1, 0.15) is 11.7 Å². The number of hydrogen-bond donors (Lipinski definition) is 2. The summed E-state index contributed by atoms with van der Waals surface area (Å²) in [7, 11) is 0. The minimum atomic E-state index is -2.38. The molecule has 1 aromatic rings. The largest absolute Gasteiger partial charge is 0.329 e. The Morgan fingerprint density at radius 2 is 2.29 bits per heavy atom. The first kappa shape index (κ1) is 10.9. The van der Waals surface area contributed by atoms with E-state index < -0.39 is 6.43 Å². The molecule has 0 fully saturated rings. The van der Waals surface area contributed by atoms with E-state index in [-0.39, 0.29) is 19.1 Å². The van der Waals surface area contributed by atoms with Crippen molar-refractivity contribution in [2.75, 3.05) is 13.1 Å². The van der Waals surface area contributed by atoms with E-state index in [9.17, 15) is 8.78 Å². The predicted octanol–water partition coefficient (Wildman–Crippen LogP) is 0.331. The highest BCUT2D eigenvalue weighted by molar-refractivity contribution is 5.05. The molecule has 0 aliphatic rings. The fourth-order valence-electron chi connectivity index (χ4n) is 1.05. The Bertz CT molecular complexity index is 255. The fraction of sp³-hybridized carbons (Fsp3) is 0.500. The van der Waals surface area contributed by atoms with E-state index in [0.29, 0.717) is 5.69 Å². The number of hydrogen-bond acceptors (Lipinski definition) is 4. The van der Waals surface area contributed by atoms with E-state index in [1.807, 2.05) is 0 Å². The molecule has 1 rings (SSSR count). The summed E-state index contributed by atoms with van der Waals surface area (Å²) in [5.74, 6) is 0. The Labute approximate surface area is 80.6 Å². The van der Waals surface area contributed by atoms with Crippen molar-refractivity contribution in [1.29, 1.82) is 0 Å². The maximum absolute atomic E-state index is 11.9. The van der Waals surface area contributed by atoms with Crippen LogP contribution in [0, 0.1) is 0 Å². The molecule has 0 aliphatic heterocycles. The van der Waals surface area contributed by atoms with Gasteiger partial charge in [-0.05, 0) is 6.07 Å². The van der Waals surface area contributed by atoms with E-state index in [4.69, 9.17) is 5.73 Å². The molecule has 3 N–H and O–H groups in total. The molecule has 1 heterocycles. The van der Waals surface area contributed by atoms with Gasteiger partial charge in [0.1, 0.15) is 6.33 Å². The Morgan fingerprint density at radius 3 is 2.79 bits per heavy atom. The van der Waals surface area contributed by atoms with Crippen LogP contribution in [-0.2, 0) is 0 Å². The van der Waals surface area contributed by atoms with Crippen LogP contribution < -0.4 is 11.1 Å². The SMILES string of the molecule is NCC(NCC(F)F)c1ccncn1. The average molecular weight is 202 g/mol. The lowest BCUT2D eigenvalue weighted by Crippen LogP contribution is -2.32. The molecule has 0 aliphatic carbocycles. The Kier molecular flexibility index (Phi) is 4.34. The van der Waals surface area contributed by atoms with Crippen LogP contribution in [0.25, 0.3) is 0 Å². The van der Waals surface area contributed by atoms with Crippen molar-refractivity contribution in [1.82, 2.24) is 15.3 Å². The molecule has 0 saturated heterocycles. The third-order valence-electron chi connectivity index (χ3n) is 1.72. The van der Waals surface area contributed by atoms with Crippen molar-refractivity contribution in [3.63, 3.8) is 0 Å². The van der Waals surface area contributed by atoms with Crippen LogP contribution in [0.5, 0.6) is 0 Å². The van der Waals surface area contributed by atoms with Gasteiger partial charge in [-0.3, -0.25) is 0 Å². The summed E-state index contributed by atoms with van der Waals surface area (Å²) < 4.78 is 23.8. The van der Waals surface area contributed by atoms with E-state index in [1.54, 1.807) is 12.3 Å². The maximum Gasteiger partial charge on any atom is 0.250 e. The molecule has 0 bridgehead atoms. The van der Waals surface area contributed by atoms with Crippen molar-refractivity contribution in [2.45, 2.75) is 12.5 Å². The third-order valence-corrected chi connectivity index (χ3v) is 1.72. The first-order valence-corrected chi connectivity index (χ1v) is 4.21. The van der Waals surface area contributed by atoms with Gasteiger partial charge in [-0.15, -0.1) is 0 Å². The molecule has 1 aromatic heterocycles. The van der Waals surface area contributed by atoms with E-state index in [1.165, 1.54) is 6.33 Å².